The van der Waals surface area contributed by atoms with E-state index in [4.69, 9.17) is 0 Å². The van der Waals surface area contributed by atoms with Gasteiger partial charge in [-0.2, -0.15) is 5.10 Å². The van der Waals surface area contributed by atoms with Gasteiger partial charge in [-0.15, -0.1) is 0 Å². The summed E-state index contributed by atoms with van der Waals surface area (Å²) in [4.78, 5) is 0. The Kier molecular flexibility index (Phi) is 3.87. The topological polar surface area (TPSA) is 29.9 Å². The molecule has 0 aliphatic heterocycles. The molecule has 0 aromatic carbocycles. The Labute approximate surface area is 105 Å². The fraction of sp³-hybridized carbons (Fsp3) is 0.786. The Bertz CT molecular complexity index is 345. The first-order valence-corrected chi connectivity index (χ1v) is 6.80. The summed E-state index contributed by atoms with van der Waals surface area (Å²) in [7, 11) is 0. The van der Waals surface area contributed by atoms with E-state index in [0.29, 0.717) is 0 Å². The van der Waals surface area contributed by atoms with Gasteiger partial charge in [-0.3, -0.25) is 4.68 Å². The number of hydrogen-bond donors (Lipinski definition) is 1. The van der Waals surface area contributed by atoms with Gasteiger partial charge in [-0.1, -0.05) is 12.8 Å². The molecule has 1 aliphatic carbocycles. The van der Waals surface area contributed by atoms with Crippen molar-refractivity contribution in [3.05, 3.63) is 18.0 Å². The largest absolute Gasteiger partial charge is 0.313 e. The Balaban J connectivity index is 1.66. The van der Waals surface area contributed by atoms with Crippen LogP contribution in [0.4, 0.5) is 0 Å². The first-order valence-electron chi connectivity index (χ1n) is 6.80. The zero-order valence-corrected chi connectivity index (χ0v) is 11.4. The molecular weight excluding hydrogens is 210 g/mol. The van der Waals surface area contributed by atoms with Crippen LogP contribution >= 0.6 is 0 Å². The smallest absolute Gasteiger partial charge is 0.0543 e. The van der Waals surface area contributed by atoms with E-state index in [1.807, 2.05) is 10.9 Å². The van der Waals surface area contributed by atoms with Crippen LogP contribution in [0.15, 0.2) is 12.4 Å². The van der Waals surface area contributed by atoms with E-state index in [2.05, 4.69) is 37.4 Å². The van der Waals surface area contributed by atoms with Crippen molar-refractivity contribution >= 4 is 0 Å². The monoisotopic (exact) mass is 235 g/mol. The predicted octanol–water partition coefficient (Wildman–Crippen LogP) is 2.92. The third-order valence-electron chi connectivity index (χ3n) is 3.32. The molecule has 0 radical (unpaired) electrons. The summed E-state index contributed by atoms with van der Waals surface area (Å²) in [5.74, 6) is 1.06. The summed E-state index contributed by atoms with van der Waals surface area (Å²) in [5.41, 5.74) is 1.37. The lowest BCUT2D eigenvalue weighted by molar-refractivity contribution is 0.355. The molecule has 0 amide bonds. The fourth-order valence-corrected chi connectivity index (χ4v) is 1.97. The lowest BCUT2D eigenvalue weighted by Crippen LogP contribution is -2.22. The highest BCUT2D eigenvalue weighted by atomic mass is 15.3. The van der Waals surface area contributed by atoms with E-state index < -0.39 is 0 Å². The maximum Gasteiger partial charge on any atom is 0.0543 e. The van der Waals surface area contributed by atoms with E-state index in [1.54, 1.807) is 0 Å². The van der Waals surface area contributed by atoms with Crippen LogP contribution in [0.5, 0.6) is 0 Å². The normalized spacial score (nSPS) is 16.4. The van der Waals surface area contributed by atoms with Crippen LogP contribution in [-0.2, 0) is 12.1 Å². The second kappa shape index (κ2) is 5.21. The number of aromatic nitrogens is 2. The van der Waals surface area contributed by atoms with Gasteiger partial charge in [0.15, 0.2) is 0 Å². The van der Waals surface area contributed by atoms with E-state index in [-0.39, 0.29) is 5.54 Å². The molecule has 1 aliphatic rings. The van der Waals surface area contributed by atoms with Gasteiger partial charge in [0, 0.05) is 18.3 Å². The highest BCUT2D eigenvalue weighted by Gasteiger charge is 2.19. The quantitative estimate of drug-likeness (QED) is 0.768. The van der Waals surface area contributed by atoms with Crippen molar-refractivity contribution in [3.63, 3.8) is 0 Å². The van der Waals surface area contributed by atoms with Gasteiger partial charge in [0.2, 0.25) is 0 Å². The van der Waals surface area contributed by atoms with Gasteiger partial charge in [0.05, 0.1) is 11.7 Å². The molecule has 0 atom stereocenters. The van der Waals surface area contributed by atoms with Gasteiger partial charge in [0.25, 0.3) is 0 Å². The van der Waals surface area contributed by atoms with Crippen LogP contribution < -0.4 is 5.32 Å². The van der Waals surface area contributed by atoms with Crippen molar-refractivity contribution in [2.75, 3.05) is 6.54 Å². The van der Waals surface area contributed by atoms with Crippen molar-refractivity contribution in [2.24, 2.45) is 5.92 Å². The first kappa shape index (κ1) is 12.6. The summed E-state index contributed by atoms with van der Waals surface area (Å²) in [5, 5.41) is 7.90. The Morgan fingerprint density at radius 2 is 2.18 bits per heavy atom. The van der Waals surface area contributed by atoms with Crippen LogP contribution in [0.3, 0.4) is 0 Å². The predicted molar refractivity (Wildman–Crippen MR) is 70.9 cm³/mol. The van der Waals surface area contributed by atoms with Gasteiger partial charge < -0.3 is 5.32 Å². The summed E-state index contributed by atoms with van der Waals surface area (Å²) in [6, 6.07) is 0. The van der Waals surface area contributed by atoms with E-state index in [0.717, 1.165) is 19.0 Å². The standard InChI is InChI=1S/C14H25N3/c1-14(2,3)17-11-13(10-16-17)9-15-8-4-5-12-6-7-12/h10-12,15H,4-9H2,1-3H3. The number of hydrogen-bond acceptors (Lipinski definition) is 2. The maximum absolute atomic E-state index is 4.40. The summed E-state index contributed by atoms with van der Waals surface area (Å²) in [6.45, 7) is 8.60. The lowest BCUT2D eigenvalue weighted by Gasteiger charge is -2.18. The van der Waals surface area contributed by atoms with E-state index in [9.17, 15) is 0 Å². The molecule has 0 unspecified atom stereocenters. The van der Waals surface area contributed by atoms with Gasteiger partial charge >= 0.3 is 0 Å². The first-order chi connectivity index (χ1) is 8.05. The van der Waals surface area contributed by atoms with Gasteiger partial charge in [-0.05, 0) is 46.1 Å². The average molecular weight is 235 g/mol. The van der Waals surface area contributed by atoms with Gasteiger partial charge in [0.1, 0.15) is 0 Å². The number of nitrogens with zero attached hydrogens (tertiary/aromatic N) is 2. The van der Waals surface area contributed by atoms with Crippen molar-refractivity contribution < 1.29 is 0 Å². The van der Waals surface area contributed by atoms with Crippen LogP contribution in [0, 0.1) is 5.92 Å². The molecule has 1 aromatic heterocycles. The highest BCUT2D eigenvalue weighted by molar-refractivity contribution is 5.04. The molecule has 1 saturated carbocycles. The molecule has 3 heteroatoms. The third kappa shape index (κ3) is 4.15. The van der Waals surface area contributed by atoms with E-state index in [1.165, 1.54) is 31.2 Å². The van der Waals surface area contributed by atoms with Gasteiger partial charge in [-0.25, -0.2) is 0 Å². The zero-order chi connectivity index (χ0) is 12.3. The molecule has 1 heterocycles. The minimum absolute atomic E-state index is 0.0875. The SMILES string of the molecule is CC(C)(C)n1cc(CNCCCC2CC2)cn1. The Hall–Kier alpha value is -0.830. The van der Waals surface area contributed by atoms with Crippen molar-refractivity contribution in [1.29, 1.82) is 0 Å². The van der Waals surface area contributed by atoms with E-state index >= 15 is 0 Å². The van der Waals surface area contributed by atoms with Crippen molar-refractivity contribution in [2.45, 2.75) is 58.5 Å². The average Bonchev–Trinajstić information content (AvgIpc) is 2.92. The minimum Gasteiger partial charge on any atom is -0.313 e. The molecular formula is C14H25N3. The fourth-order valence-electron chi connectivity index (χ4n) is 1.97. The van der Waals surface area contributed by atoms with Crippen molar-refractivity contribution in [1.82, 2.24) is 15.1 Å². The second-order valence-electron chi connectivity index (χ2n) is 6.23. The summed E-state index contributed by atoms with van der Waals surface area (Å²) >= 11 is 0. The third-order valence-corrected chi connectivity index (χ3v) is 3.32. The molecule has 0 bridgehead atoms. The molecule has 1 fully saturated rings. The highest BCUT2D eigenvalue weighted by Crippen LogP contribution is 2.33. The van der Waals surface area contributed by atoms with Crippen molar-refractivity contribution in [3.8, 4) is 0 Å². The van der Waals surface area contributed by atoms with Crippen LogP contribution in [-0.4, -0.2) is 16.3 Å². The molecule has 3 nitrogen and oxygen atoms in total. The van der Waals surface area contributed by atoms with Crippen LogP contribution in [0.2, 0.25) is 0 Å². The minimum atomic E-state index is 0.0875. The second-order valence-corrected chi connectivity index (χ2v) is 6.23. The molecule has 1 N–H and O–H groups in total. The Morgan fingerprint density at radius 1 is 1.41 bits per heavy atom. The maximum atomic E-state index is 4.40. The molecule has 1 aromatic rings. The van der Waals surface area contributed by atoms with Crippen LogP contribution in [0.1, 0.15) is 52.0 Å². The molecule has 0 saturated heterocycles. The summed E-state index contributed by atoms with van der Waals surface area (Å²) < 4.78 is 2.04. The molecule has 2 rings (SSSR count). The number of nitrogens with one attached hydrogen (secondary N) is 1. The molecule has 0 spiro atoms. The zero-order valence-electron chi connectivity index (χ0n) is 11.4. The summed E-state index contributed by atoms with van der Waals surface area (Å²) in [6.07, 6.45) is 9.79. The Morgan fingerprint density at radius 3 is 2.76 bits per heavy atom. The van der Waals surface area contributed by atoms with Crippen LogP contribution in [0.25, 0.3) is 0 Å². The molecule has 17 heavy (non-hydrogen) atoms. The molecule has 96 valence electrons. The lowest BCUT2D eigenvalue weighted by atomic mass is 10.1. The number of rotatable bonds is 6.